The molecule has 0 saturated carbocycles. The van der Waals surface area contributed by atoms with Crippen molar-refractivity contribution in [3.05, 3.63) is 17.8 Å². The molecule has 0 spiro atoms. The van der Waals surface area contributed by atoms with E-state index in [1.165, 1.54) is 0 Å². The second-order valence-corrected chi connectivity index (χ2v) is 2.70. The van der Waals surface area contributed by atoms with E-state index in [4.69, 9.17) is 4.74 Å². The van der Waals surface area contributed by atoms with Gasteiger partial charge in [0.15, 0.2) is 17.8 Å². The molecule has 3 nitrogen and oxygen atoms in total. The van der Waals surface area contributed by atoms with Crippen LogP contribution in [0.3, 0.4) is 0 Å². The minimum absolute atomic E-state index is 0.0549. The van der Waals surface area contributed by atoms with Crippen LogP contribution in [-0.4, -0.2) is 11.2 Å². The van der Waals surface area contributed by atoms with E-state index in [9.17, 15) is 0 Å². The van der Waals surface area contributed by atoms with E-state index in [-0.39, 0.29) is 6.23 Å². The zero-order chi connectivity index (χ0) is 7.84. The number of hydrogen-bond acceptors (Lipinski definition) is 3. The first-order chi connectivity index (χ1) is 5.25. The van der Waals surface area contributed by atoms with E-state index in [1.807, 2.05) is 26.0 Å². The molecule has 1 atom stereocenters. The van der Waals surface area contributed by atoms with Crippen molar-refractivity contribution in [3.63, 3.8) is 0 Å². The Labute approximate surface area is 65.4 Å². The quantitative estimate of drug-likeness (QED) is 0.609. The Kier molecular flexibility index (Phi) is 1.24. The van der Waals surface area contributed by atoms with Gasteiger partial charge >= 0.3 is 0 Å². The Bertz CT molecular complexity index is 285. The highest BCUT2D eigenvalue weighted by molar-refractivity contribution is 5.54. The van der Waals surface area contributed by atoms with Gasteiger partial charge < -0.3 is 10.1 Å². The predicted molar refractivity (Wildman–Crippen MR) is 42.7 cm³/mol. The summed E-state index contributed by atoms with van der Waals surface area (Å²) in [6.45, 7) is 3.92. The number of nitrogens with one attached hydrogen (secondary N) is 1. The molecule has 0 aromatic carbocycles. The summed E-state index contributed by atoms with van der Waals surface area (Å²) < 4.78 is 5.39. The van der Waals surface area contributed by atoms with E-state index < -0.39 is 0 Å². The normalized spacial score (nSPS) is 20.4. The zero-order valence-corrected chi connectivity index (χ0v) is 6.59. The molecule has 0 aliphatic carbocycles. The molecular weight excluding hydrogens is 140 g/mol. The van der Waals surface area contributed by atoms with Crippen molar-refractivity contribution in [2.45, 2.75) is 20.1 Å². The SMILES string of the molecule is Cc1ccc2c(n1)NC(C)O2. The number of rotatable bonds is 0. The smallest absolute Gasteiger partial charge is 0.171 e. The van der Waals surface area contributed by atoms with E-state index in [2.05, 4.69) is 10.3 Å². The molecule has 0 radical (unpaired) electrons. The lowest BCUT2D eigenvalue weighted by atomic mass is 10.3. The van der Waals surface area contributed by atoms with E-state index in [0.29, 0.717) is 0 Å². The van der Waals surface area contributed by atoms with Gasteiger partial charge in [-0.3, -0.25) is 0 Å². The van der Waals surface area contributed by atoms with Crippen molar-refractivity contribution >= 4 is 5.82 Å². The summed E-state index contributed by atoms with van der Waals surface area (Å²) in [4.78, 5) is 4.27. The first kappa shape index (κ1) is 6.46. The van der Waals surface area contributed by atoms with Gasteiger partial charge in [0.1, 0.15) is 0 Å². The topological polar surface area (TPSA) is 34.2 Å². The standard InChI is InChI=1S/C8H10N2O/c1-5-3-4-7-8(9-5)10-6(2)11-7/h3-4,6H,1-2H3,(H,9,10). The molecule has 1 aromatic rings. The Balaban J connectivity index is 2.43. The maximum atomic E-state index is 5.39. The average molecular weight is 150 g/mol. The van der Waals surface area contributed by atoms with Gasteiger partial charge in [-0.2, -0.15) is 0 Å². The highest BCUT2D eigenvalue weighted by Gasteiger charge is 2.17. The van der Waals surface area contributed by atoms with Crippen LogP contribution in [-0.2, 0) is 0 Å². The summed E-state index contributed by atoms with van der Waals surface area (Å²) in [5.41, 5.74) is 1.01. The minimum Gasteiger partial charge on any atom is -0.467 e. The number of aryl methyl sites for hydroxylation is 1. The van der Waals surface area contributed by atoms with Gasteiger partial charge in [0.05, 0.1) is 0 Å². The number of aromatic nitrogens is 1. The molecule has 11 heavy (non-hydrogen) atoms. The van der Waals surface area contributed by atoms with E-state index in [0.717, 1.165) is 17.3 Å². The second-order valence-electron chi connectivity index (χ2n) is 2.70. The van der Waals surface area contributed by atoms with Crippen molar-refractivity contribution < 1.29 is 4.74 Å². The predicted octanol–water partition coefficient (Wildman–Crippen LogP) is 1.54. The number of nitrogens with zero attached hydrogens (tertiary/aromatic N) is 1. The third kappa shape index (κ3) is 1.02. The number of ether oxygens (including phenoxy) is 1. The molecule has 0 fully saturated rings. The number of fused-ring (bicyclic) bond motifs is 1. The maximum Gasteiger partial charge on any atom is 0.171 e. The van der Waals surface area contributed by atoms with Gasteiger partial charge in [-0.25, -0.2) is 4.98 Å². The monoisotopic (exact) mass is 150 g/mol. The third-order valence-corrected chi connectivity index (χ3v) is 1.64. The lowest BCUT2D eigenvalue weighted by Gasteiger charge is -2.00. The number of hydrogen-bond donors (Lipinski definition) is 1. The van der Waals surface area contributed by atoms with E-state index >= 15 is 0 Å². The summed E-state index contributed by atoms with van der Waals surface area (Å²) in [7, 11) is 0. The van der Waals surface area contributed by atoms with Gasteiger partial charge in [-0.15, -0.1) is 0 Å². The number of anilines is 1. The molecule has 2 rings (SSSR count). The minimum atomic E-state index is 0.0549. The van der Waals surface area contributed by atoms with Crippen LogP contribution in [0.4, 0.5) is 5.82 Å². The van der Waals surface area contributed by atoms with Crippen LogP contribution in [0.15, 0.2) is 12.1 Å². The van der Waals surface area contributed by atoms with Crippen LogP contribution in [0, 0.1) is 6.92 Å². The fourth-order valence-electron chi connectivity index (χ4n) is 1.15. The lowest BCUT2D eigenvalue weighted by Crippen LogP contribution is -2.14. The summed E-state index contributed by atoms with van der Waals surface area (Å²) in [6.07, 6.45) is 0.0549. The lowest BCUT2D eigenvalue weighted by molar-refractivity contribution is 0.275. The van der Waals surface area contributed by atoms with Crippen LogP contribution < -0.4 is 10.1 Å². The first-order valence-corrected chi connectivity index (χ1v) is 3.66. The molecule has 0 saturated heterocycles. The molecule has 0 bridgehead atoms. The third-order valence-electron chi connectivity index (χ3n) is 1.64. The largest absolute Gasteiger partial charge is 0.467 e. The fourth-order valence-corrected chi connectivity index (χ4v) is 1.15. The van der Waals surface area contributed by atoms with Crippen LogP contribution in [0.1, 0.15) is 12.6 Å². The zero-order valence-electron chi connectivity index (χ0n) is 6.59. The highest BCUT2D eigenvalue weighted by atomic mass is 16.5. The summed E-state index contributed by atoms with van der Waals surface area (Å²) in [6, 6.07) is 3.88. The molecule has 0 amide bonds. The molecule has 2 heterocycles. The summed E-state index contributed by atoms with van der Waals surface area (Å²) >= 11 is 0. The van der Waals surface area contributed by atoms with Gasteiger partial charge in [0.25, 0.3) is 0 Å². The molecule has 1 unspecified atom stereocenters. The maximum absolute atomic E-state index is 5.39. The van der Waals surface area contributed by atoms with Gasteiger partial charge in [0, 0.05) is 5.69 Å². The van der Waals surface area contributed by atoms with Crippen LogP contribution in [0.25, 0.3) is 0 Å². The average Bonchev–Trinajstić information content (AvgIpc) is 2.27. The van der Waals surface area contributed by atoms with Crippen molar-refractivity contribution in [3.8, 4) is 5.75 Å². The van der Waals surface area contributed by atoms with Gasteiger partial charge in [-0.05, 0) is 26.0 Å². The molecule has 1 N–H and O–H groups in total. The molecule has 58 valence electrons. The van der Waals surface area contributed by atoms with Crippen molar-refractivity contribution in [1.82, 2.24) is 4.98 Å². The van der Waals surface area contributed by atoms with Gasteiger partial charge in [-0.1, -0.05) is 0 Å². The van der Waals surface area contributed by atoms with Crippen LogP contribution in [0.5, 0.6) is 5.75 Å². The van der Waals surface area contributed by atoms with Crippen molar-refractivity contribution in [1.29, 1.82) is 0 Å². The van der Waals surface area contributed by atoms with Crippen molar-refractivity contribution in [2.24, 2.45) is 0 Å². The second kappa shape index (κ2) is 2.12. The Hall–Kier alpha value is -1.25. The molecule has 1 aliphatic heterocycles. The first-order valence-electron chi connectivity index (χ1n) is 3.66. The van der Waals surface area contributed by atoms with Gasteiger partial charge in [0.2, 0.25) is 0 Å². The molecular formula is C8H10N2O. The summed E-state index contributed by atoms with van der Waals surface area (Å²) in [5, 5.41) is 3.10. The van der Waals surface area contributed by atoms with Crippen LogP contribution in [0.2, 0.25) is 0 Å². The molecule has 3 heteroatoms. The van der Waals surface area contributed by atoms with Crippen LogP contribution >= 0.6 is 0 Å². The van der Waals surface area contributed by atoms with E-state index in [1.54, 1.807) is 0 Å². The summed E-state index contributed by atoms with van der Waals surface area (Å²) in [5.74, 6) is 1.71. The van der Waals surface area contributed by atoms with Crippen molar-refractivity contribution in [2.75, 3.05) is 5.32 Å². The fraction of sp³-hybridized carbons (Fsp3) is 0.375. The Morgan fingerprint density at radius 3 is 3.18 bits per heavy atom. The highest BCUT2D eigenvalue weighted by Crippen LogP contribution is 2.29. The Morgan fingerprint density at radius 2 is 2.36 bits per heavy atom. The Morgan fingerprint density at radius 1 is 1.55 bits per heavy atom. The number of pyridine rings is 1. The molecule has 1 aliphatic rings. The molecule has 1 aromatic heterocycles.